The van der Waals surface area contributed by atoms with Gasteiger partial charge < -0.3 is 9.64 Å². The maximum atomic E-state index is 13.9. The first-order valence-electron chi connectivity index (χ1n) is 11.8. The fourth-order valence-electron chi connectivity index (χ4n) is 4.33. The van der Waals surface area contributed by atoms with Crippen LogP contribution in [0.4, 0.5) is 0 Å². The van der Waals surface area contributed by atoms with Gasteiger partial charge >= 0.3 is 0 Å². The average molecular weight is 478 g/mol. The largest absolute Gasteiger partial charge is 0.495 e. The van der Waals surface area contributed by atoms with Gasteiger partial charge in [-0.2, -0.15) is 0 Å². The molecule has 1 amide bonds. The van der Waals surface area contributed by atoms with E-state index in [1.165, 1.54) is 22.5 Å². The number of aldehydes is 1. The highest BCUT2D eigenvalue weighted by Crippen LogP contribution is 2.49. The molecule has 1 aliphatic carbocycles. The number of benzene rings is 1. The molecule has 1 aromatic carbocycles. The minimum atomic E-state index is -0.575. The van der Waals surface area contributed by atoms with Gasteiger partial charge in [0.25, 0.3) is 0 Å². The van der Waals surface area contributed by atoms with Crippen LogP contribution in [0.3, 0.4) is 0 Å². The van der Waals surface area contributed by atoms with Crippen molar-refractivity contribution in [1.29, 1.82) is 0 Å². The van der Waals surface area contributed by atoms with E-state index in [1.54, 1.807) is 13.3 Å². The standard InChI is InChI=1S/C27H31N3O3S/c1-4-20-7-5-8-21(15-20)9-6-14-30(17-25-29-23(18-31)19(2)34-25)26(32)27(12-13-27)24-11-10-22(33-3)16-28-24/h5,7-8,10-11,15-16,18H,4,6,9,12-14,17H2,1-3H3. The lowest BCUT2D eigenvalue weighted by molar-refractivity contribution is -0.134. The third kappa shape index (κ3) is 5.20. The number of methoxy groups -OCH3 is 1. The van der Waals surface area contributed by atoms with Crippen molar-refractivity contribution in [1.82, 2.24) is 14.9 Å². The molecule has 2 heterocycles. The molecule has 0 spiro atoms. The Kier molecular flexibility index (Phi) is 7.41. The molecular weight excluding hydrogens is 446 g/mol. The lowest BCUT2D eigenvalue weighted by atomic mass is 9.99. The lowest BCUT2D eigenvalue weighted by Gasteiger charge is -2.27. The van der Waals surface area contributed by atoms with Crippen LogP contribution in [0.2, 0.25) is 0 Å². The zero-order valence-corrected chi connectivity index (χ0v) is 20.9. The Morgan fingerprint density at radius 2 is 2.03 bits per heavy atom. The van der Waals surface area contributed by atoms with E-state index in [0.29, 0.717) is 24.5 Å². The quantitative estimate of drug-likeness (QED) is 0.367. The summed E-state index contributed by atoms with van der Waals surface area (Å²) >= 11 is 1.48. The van der Waals surface area contributed by atoms with Gasteiger partial charge in [-0.25, -0.2) is 4.98 Å². The Morgan fingerprint density at radius 3 is 2.65 bits per heavy atom. The zero-order chi connectivity index (χ0) is 24.1. The lowest BCUT2D eigenvalue weighted by Crippen LogP contribution is -2.40. The van der Waals surface area contributed by atoms with Crippen molar-refractivity contribution in [2.24, 2.45) is 0 Å². The molecule has 0 aliphatic heterocycles. The maximum Gasteiger partial charge on any atom is 0.235 e. The second-order valence-corrected chi connectivity index (χ2v) is 10.1. The van der Waals surface area contributed by atoms with Crippen LogP contribution < -0.4 is 4.74 Å². The third-order valence-electron chi connectivity index (χ3n) is 6.52. The van der Waals surface area contributed by atoms with E-state index < -0.39 is 5.41 Å². The number of amides is 1. The van der Waals surface area contributed by atoms with Gasteiger partial charge in [0.1, 0.15) is 16.5 Å². The molecule has 1 aliphatic rings. The van der Waals surface area contributed by atoms with E-state index >= 15 is 0 Å². The zero-order valence-electron chi connectivity index (χ0n) is 20.0. The van der Waals surface area contributed by atoms with E-state index in [4.69, 9.17) is 4.74 Å². The van der Waals surface area contributed by atoms with Crippen LogP contribution in [-0.2, 0) is 29.6 Å². The second-order valence-electron chi connectivity index (χ2n) is 8.84. The van der Waals surface area contributed by atoms with Crippen molar-refractivity contribution >= 4 is 23.5 Å². The predicted molar refractivity (Wildman–Crippen MR) is 133 cm³/mol. The first-order valence-corrected chi connectivity index (χ1v) is 12.6. The minimum Gasteiger partial charge on any atom is -0.495 e. The van der Waals surface area contributed by atoms with Gasteiger partial charge in [0.05, 0.1) is 31.0 Å². The summed E-state index contributed by atoms with van der Waals surface area (Å²) < 4.78 is 5.23. The van der Waals surface area contributed by atoms with E-state index in [9.17, 15) is 9.59 Å². The predicted octanol–water partition coefficient (Wildman–Crippen LogP) is 4.92. The van der Waals surface area contributed by atoms with Gasteiger partial charge in [-0.3, -0.25) is 14.6 Å². The molecule has 0 N–H and O–H groups in total. The van der Waals surface area contributed by atoms with Gasteiger partial charge in [-0.05, 0) is 62.3 Å². The minimum absolute atomic E-state index is 0.0907. The highest BCUT2D eigenvalue weighted by molar-refractivity contribution is 7.11. The molecule has 0 atom stereocenters. The molecule has 178 valence electrons. The number of carbonyl (C=O) groups excluding carboxylic acids is 2. The fourth-order valence-corrected chi connectivity index (χ4v) is 5.24. The summed E-state index contributed by atoms with van der Waals surface area (Å²) in [5.41, 5.74) is 3.30. The maximum absolute atomic E-state index is 13.9. The molecule has 0 bridgehead atoms. The number of aromatic nitrogens is 2. The van der Waals surface area contributed by atoms with Gasteiger partial charge in [0.2, 0.25) is 5.91 Å². The molecule has 7 heteroatoms. The van der Waals surface area contributed by atoms with E-state index in [1.807, 2.05) is 24.0 Å². The van der Waals surface area contributed by atoms with Crippen LogP contribution >= 0.6 is 11.3 Å². The Morgan fingerprint density at radius 1 is 1.24 bits per heavy atom. The third-order valence-corrected chi connectivity index (χ3v) is 7.49. The molecule has 34 heavy (non-hydrogen) atoms. The van der Waals surface area contributed by atoms with Crippen LogP contribution in [-0.4, -0.2) is 40.7 Å². The SMILES string of the molecule is CCc1cccc(CCCN(Cc2nc(C=O)c(C)s2)C(=O)C2(c3ccc(OC)cn3)CC2)c1. The molecule has 1 saturated carbocycles. The summed E-state index contributed by atoms with van der Waals surface area (Å²) in [4.78, 5) is 36.9. The van der Waals surface area contributed by atoms with E-state index in [-0.39, 0.29) is 5.91 Å². The molecular formula is C27H31N3O3S. The molecule has 3 aromatic rings. The number of rotatable bonds is 11. The van der Waals surface area contributed by atoms with Crippen LogP contribution in [0.25, 0.3) is 0 Å². The number of aryl methyl sites for hydroxylation is 3. The topological polar surface area (TPSA) is 72.4 Å². The second kappa shape index (κ2) is 10.5. The Labute approximate surface area is 205 Å². The van der Waals surface area contributed by atoms with Crippen LogP contribution in [0.5, 0.6) is 5.75 Å². The normalized spacial score (nSPS) is 14.0. The van der Waals surface area contributed by atoms with Crippen molar-refractivity contribution < 1.29 is 14.3 Å². The summed E-state index contributed by atoms with van der Waals surface area (Å²) in [6, 6.07) is 12.4. The summed E-state index contributed by atoms with van der Waals surface area (Å²) in [5.74, 6) is 0.769. The van der Waals surface area contributed by atoms with Gasteiger partial charge in [-0.15, -0.1) is 11.3 Å². The number of thiazole rings is 1. The summed E-state index contributed by atoms with van der Waals surface area (Å²) in [6.07, 6.45) is 6.81. The molecule has 0 radical (unpaired) electrons. The fraction of sp³-hybridized carbons (Fsp3) is 0.407. The number of hydrogen-bond donors (Lipinski definition) is 0. The Balaban J connectivity index is 1.53. The Hall–Kier alpha value is -3.06. The number of hydrogen-bond acceptors (Lipinski definition) is 6. The number of pyridine rings is 1. The van der Waals surface area contributed by atoms with Gasteiger partial charge in [0, 0.05) is 11.4 Å². The van der Waals surface area contributed by atoms with Crippen molar-refractivity contribution in [2.75, 3.05) is 13.7 Å². The summed E-state index contributed by atoms with van der Waals surface area (Å²) in [7, 11) is 1.61. The van der Waals surface area contributed by atoms with Crippen LogP contribution in [0, 0.1) is 6.92 Å². The van der Waals surface area contributed by atoms with E-state index in [0.717, 1.165) is 54.0 Å². The van der Waals surface area contributed by atoms with Crippen LogP contribution in [0.1, 0.15) is 63.4 Å². The molecule has 4 rings (SSSR count). The highest BCUT2D eigenvalue weighted by atomic mass is 32.1. The van der Waals surface area contributed by atoms with Crippen molar-refractivity contribution in [3.8, 4) is 5.75 Å². The molecule has 2 aromatic heterocycles. The van der Waals surface area contributed by atoms with Crippen LogP contribution in [0.15, 0.2) is 42.6 Å². The first kappa shape index (κ1) is 24.1. The molecule has 6 nitrogen and oxygen atoms in total. The monoisotopic (exact) mass is 477 g/mol. The smallest absolute Gasteiger partial charge is 0.235 e. The first-order chi connectivity index (χ1) is 16.5. The summed E-state index contributed by atoms with van der Waals surface area (Å²) in [5, 5.41) is 0.791. The van der Waals surface area contributed by atoms with Crippen molar-refractivity contribution in [2.45, 2.75) is 57.9 Å². The van der Waals surface area contributed by atoms with E-state index in [2.05, 4.69) is 41.2 Å². The summed E-state index contributed by atoms with van der Waals surface area (Å²) in [6.45, 7) is 5.08. The average Bonchev–Trinajstić information content (AvgIpc) is 3.60. The molecule has 0 saturated heterocycles. The molecule has 1 fully saturated rings. The molecule has 0 unspecified atom stereocenters. The van der Waals surface area contributed by atoms with Crippen molar-refractivity contribution in [3.63, 3.8) is 0 Å². The number of carbonyl (C=O) groups is 2. The van der Waals surface area contributed by atoms with Gasteiger partial charge in [0.15, 0.2) is 6.29 Å². The van der Waals surface area contributed by atoms with Crippen molar-refractivity contribution in [3.05, 3.63) is 75.0 Å². The number of nitrogens with zero attached hydrogens (tertiary/aromatic N) is 3. The highest BCUT2D eigenvalue weighted by Gasteiger charge is 2.54. The Bertz CT molecular complexity index is 1150. The number of ether oxygens (including phenoxy) is 1. The van der Waals surface area contributed by atoms with Gasteiger partial charge in [-0.1, -0.05) is 31.2 Å².